The Labute approximate surface area is 116 Å². The van der Waals surface area contributed by atoms with E-state index < -0.39 is 17.9 Å². The van der Waals surface area contributed by atoms with Gasteiger partial charge in [0.05, 0.1) is 23.8 Å². The van der Waals surface area contributed by atoms with E-state index in [1.165, 1.54) is 18.6 Å². The minimum Gasteiger partial charge on any atom is -0.291 e. The molecule has 0 spiro atoms. The number of benzene rings is 1. The van der Waals surface area contributed by atoms with Crippen LogP contribution in [0.25, 0.3) is 10.9 Å². The highest BCUT2D eigenvalue weighted by Crippen LogP contribution is 2.13. The van der Waals surface area contributed by atoms with Gasteiger partial charge in [-0.15, -0.1) is 0 Å². The van der Waals surface area contributed by atoms with Crippen molar-refractivity contribution in [1.82, 2.24) is 19.1 Å². The Morgan fingerprint density at radius 3 is 2.81 bits per heavy atom. The Morgan fingerprint density at radius 2 is 2.05 bits per heavy atom. The van der Waals surface area contributed by atoms with Crippen LogP contribution >= 0.6 is 0 Å². The van der Waals surface area contributed by atoms with E-state index in [2.05, 4.69) is 9.97 Å². The summed E-state index contributed by atoms with van der Waals surface area (Å²) in [7, 11) is 0. The standard InChI is InChI=1S/C13H9F3N4O/c14-8-1-2-9-10(5-8)18-7-19(12(9)21)6-11-17-3-4-20(11)13(15)16/h1-5,7,13H,6H2. The first-order chi connectivity index (χ1) is 10.1. The molecule has 5 nitrogen and oxygen atoms in total. The van der Waals surface area contributed by atoms with Crippen molar-refractivity contribution in [3.8, 4) is 0 Å². The summed E-state index contributed by atoms with van der Waals surface area (Å²) in [5, 5.41) is 0.217. The molecule has 0 aliphatic carbocycles. The topological polar surface area (TPSA) is 52.7 Å². The fourth-order valence-corrected chi connectivity index (χ4v) is 2.04. The molecule has 108 valence electrons. The normalized spacial score (nSPS) is 11.4. The van der Waals surface area contributed by atoms with Gasteiger partial charge in [-0.2, -0.15) is 8.78 Å². The second-order valence-corrected chi connectivity index (χ2v) is 4.37. The summed E-state index contributed by atoms with van der Waals surface area (Å²) in [5.74, 6) is -0.462. The maximum atomic E-state index is 13.1. The Kier molecular flexibility index (Phi) is 3.20. The van der Waals surface area contributed by atoms with Gasteiger partial charge in [-0.3, -0.25) is 13.9 Å². The summed E-state index contributed by atoms with van der Waals surface area (Å²) >= 11 is 0. The molecule has 2 heterocycles. The summed E-state index contributed by atoms with van der Waals surface area (Å²) in [5.41, 5.74) is -0.225. The number of halogens is 3. The van der Waals surface area contributed by atoms with Gasteiger partial charge in [0.15, 0.2) is 0 Å². The number of nitrogens with zero attached hydrogens (tertiary/aromatic N) is 4. The van der Waals surface area contributed by atoms with Gasteiger partial charge in [0.2, 0.25) is 0 Å². The highest BCUT2D eigenvalue weighted by atomic mass is 19.3. The number of rotatable bonds is 3. The van der Waals surface area contributed by atoms with Gasteiger partial charge < -0.3 is 0 Å². The zero-order valence-electron chi connectivity index (χ0n) is 10.6. The predicted octanol–water partition coefficient (Wildman–Crippen LogP) is 2.18. The smallest absolute Gasteiger partial charge is 0.291 e. The number of hydrogen-bond donors (Lipinski definition) is 0. The minimum atomic E-state index is -2.74. The first kappa shape index (κ1) is 13.3. The monoisotopic (exact) mass is 294 g/mol. The van der Waals surface area contributed by atoms with Crippen LogP contribution in [0.1, 0.15) is 12.4 Å². The van der Waals surface area contributed by atoms with E-state index >= 15 is 0 Å². The molecule has 2 aromatic heterocycles. The maximum absolute atomic E-state index is 13.1. The number of imidazole rings is 1. The molecule has 8 heteroatoms. The van der Waals surface area contributed by atoms with Crippen molar-refractivity contribution < 1.29 is 13.2 Å². The molecule has 0 radical (unpaired) electrons. The van der Waals surface area contributed by atoms with Crippen LogP contribution in [-0.2, 0) is 6.54 Å². The molecule has 3 aromatic rings. The molecule has 1 aromatic carbocycles. The lowest BCUT2D eigenvalue weighted by atomic mass is 10.2. The van der Waals surface area contributed by atoms with Crippen molar-refractivity contribution in [2.45, 2.75) is 13.1 Å². The maximum Gasteiger partial charge on any atom is 0.319 e. The Morgan fingerprint density at radius 1 is 1.24 bits per heavy atom. The molecule has 0 fully saturated rings. The molecule has 0 aliphatic heterocycles. The lowest BCUT2D eigenvalue weighted by Crippen LogP contribution is -2.23. The lowest BCUT2D eigenvalue weighted by Gasteiger charge is -2.09. The van der Waals surface area contributed by atoms with Crippen LogP contribution in [0.2, 0.25) is 0 Å². The molecule has 0 unspecified atom stereocenters. The average Bonchev–Trinajstić information content (AvgIpc) is 2.90. The first-order valence-corrected chi connectivity index (χ1v) is 6.01. The molecule has 0 amide bonds. The largest absolute Gasteiger partial charge is 0.319 e. The fourth-order valence-electron chi connectivity index (χ4n) is 2.04. The third-order valence-electron chi connectivity index (χ3n) is 3.06. The fraction of sp³-hybridized carbons (Fsp3) is 0.154. The van der Waals surface area contributed by atoms with Gasteiger partial charge in [0.1, 0.15) is 11.6 Å². The van der Waals surface area contributed by atoms with Crippen LogP contribution in [0.15, 0.2) is 41.7 Å². The summed E-state index contributed by atoms with van der Waals surface area (Å²) in [6.45, 7) is -2.88. The zero-order valence-corrected chi connectivity index (χ0v) is 10.6. The number of aromatic nitrogens is 4. The third-order valence-corrected chi connectivity index (χ3v) is 3.06. The summed E-state index contributed by atoms with van der Waals surface area (Å²) < 4.78 is 40.4. The SMILES string of the molecule is O=c1c2ccc(F)cc2ncn1Cc1nccn1C(F)F. The van der Waals surface area contributed by atoms with E-state index in [-0.39, 0.29) is 23.3 Å². The molecule has 0 bridgehead atoms. The zero-order chi connectivity index (χ0) is 15.0. The van der Waals surface area contributed by atoms with Gasteiger partial charge >= 0.3 is 6.55 Å². The molecule has 0 aliphatic rings. The van der Waals surface area contributed by atoms with Crippen molar-refractivity contribution in [2.24, 2.45) is 0 Å². The Balaban J connectivity index is 2.05. The van der Waals surface area contributed by atoms with Crippen molar-refractivity contribution in [1.29, 1.82) is 0 Å². The molecule has 0 saturated carbocycles. The van der Waals surface area contributed by atoms with Crippen molar-refractivity contribution in [3.05, 3.63) is 58.9 Å². The number of hydrogen-bond acceptors (Lipinski definition) is 3. The highest BCUT2D eigenvalue weighted by Gasteiger charge is 2.13. The summed E-state index contributed by atoms with van der Waals surface area (Å²) in [4.78, 5) is 20.0. The summed E-state index contributed by atoms with van der Waals surface area (Å²) in [6.07, 6.45) is 3.56. The van der Waals surface area contributed by atoms with Gasteiger partial charge in [-0.05, 0) is 12.1 Å². The van der Waals surface area contributed by atoms with Crippen molar-refractivity contribution >= 4 is 10.9 Å². The molecule has 0 atom stereocenters. The van der Waals surface area contributed by atoms with Gasteiger partial charge in [-0.25, -0.2) is 14.4 Å². The molecular formula is C13H9F3N4O. The lowest BCUT2D eigenvalue weighted by molar-refractivity contribution is 0.0666. The van der Waals surface area contributed by atoms with E-state index in [4.69, 9.17) is 0 Å². The Hall–Kier alpha value is -2.64. The molecule has 0 N–H and O–H groups in total. The quantitative estimate of drug-likeness (QED) is 0.744. The number of alkyl halides is 2. The predicted molar refractivity (Wildman–Crippen MR) is 68.5 cm³/mol. The van der Waals surface area contributed by atoms with Gasteiger partial charge in [-0.1, -0.05) is 0 Å². The van der Waals surface area contributed by atoms with Crippen LogP contribution < -0.4 is 5.56 Å². The van der Waals surface area contributed by atoms with Crippen LogP contribution in [0.5, 0.6) is 0 Å². The molecule has 21 heavy (non-hydrogen) atoms. The van der Waals surface area contributed by atoms with E-state index in [9.17, 15) is 18.0 Å². The van der Waals surface area contributed by atoms with Crippen LogP contribution in [-0.4, -0.2) is 19.1 Å². The molecular weight excluding hydrogens is 285 g/mol. The first-order valence-electron chi connectivity index (χ1n) is 6.01. The van der Waals surface area contributed by atoms with E-state index in [1.807, 2.05) is 0 Å². The van der Waals surface area contributed by atoms with Crippen LogP contribution in [0.4, 0.5) is 13.2 Å². The van der Waals surface area contributed by atoms with Gasteiger partial charge in [0, 0.05) is 18.5 Å². The van der Waals surface area contributed by atoms with E-state index in [1.54, 1.807) is 0 Å². The van der Waals surface area contributed by atoms with Crippen LogP contribution in [0.3, 0.4) is 0 Å². The van der Waals surface area contributed by atoms with Crippen LogP contribution in [0, 0.1) is 5.82 Å². The molecule has 3 rings (SSSR count). The third kappa shape index (κ3) is 2.39. The Bertz CT molecular complexity index is 856. The highest BCUT2D eigenvalue weighted by molar-refractivity contribution is 5.77. The van der Waals surface area contributed by atoms with Crippen molar-refractivity contribution in [3.63, 3.8) is 0 Å². The number of fused-ring (bicyclic) bond motifs is 1. The van der Waals surface area contributed by atoms with Crippen molar-refractivity contribution in [2.75, 3.05) is 0 Å². The second-order valence-electron chi connectivity index (χ2n) is 4.37. The van der Waals surface area contributed by atoms with Gasteiger partial charge in [0.25, 0.3) is 5.56 Å². The average molecular weight is 294 g/mol. The van der Waals surface area contributed by atoms with E-state index in [0.29, 0.717) is 4.57 Å². The minimum absolute atomic E-state index is 0.0374. The summed E-state index contributed by atoms with van der Waals surface area (Å²) in [6, 6.07) is 3.60. The van der Waals surface area contributed by atoms with E-state index in [0.717, 1.165) is 22.9 Å². The molecule has 0 saturated heterocycles. The second kappa shape index (κ2) is 5.04.